The molecule has 0 saturated carbocycles. The van der Waals surface area contributed by atoms with E-state index in [0.717, 1.165) is 44.9 Å². The average molecular weight is 366 g/mol. The van der Waals surface area contributed by atoms with Gasteiger partial charge in [-0.1, -0.05) is 69.1 Å². The van der Waals surface area contributed by atoms with E-state index in [-0.39, 0.29) is 36.2 Å². The summed E-state index contributed by atoms with van der Waals surface area (Å²) >= 11 is 0. The van der Waals surface area contributed by atoms with Gasteiger partial charge in [0.1, 0.15) is 0 Å². The molecule has 0 bridgehead atoms. The summed E-state index contributed by atoms with van der Waals surface area (Å²) in [6.45, 7) is 2.15. The van der Waals surface area contributed by atoms with Crippen molar-refractivity contribution in [2.75, 3.05) is 6.61 Å². The molecule has 0 unspecified atom stereocenters. The molecule has 4 nitrogen and oxygen atoms in total. The second-order valence-corrected chi connectivity index (χ2v) is 6.49. The molecule has 0 aliphatic rings. The fourth-order valence-electron chi connectivity index (χ4n) is 2.06. The number of unbranched alkanes of at least 4 members (excludes halogenated alkanes) is 6. The molecule has 0 aliphatic carbocycles. The Morgan fingerprint density at radius 1 is 0.792 bits per heavy atom. The molecule has 24 heavy (non-hydrogen) atoms. The Bertz CT molecular complexity index is 442. The van der Waals surface area contributed by atoms with Crippen LogP contribution in [0.4, 0.5) is 0 Å². The predicted octanol–water partition coefficient (Wildman–Crippen LogP) is 2.06. The van der Waals surface area contributed by atoms with Crippen LogP contribution in [0.25, 0.3) is 0 Å². The third-order valence-corrected chi connectivity index (χ3v) is 3.73. The molecule has 6 heteroatoms. The fraction of sp³-hybridized carbons (Fsp3) is 0.667. The zero-order chi connectivity index (χ0) is 17.2. The second-order valence-electron chi connectivity index (χ2n) is 5.43. The molecule has 0 spiro atoms. The van der Waals surface area contributed by atoms with E-state index in [9.17, 15) is 13.0 Å². The molecule has 0 N–H and O–H groups in total. The van der Waals surface area contributed by atoms with E-state index in [2.05, 4.69) is 47.6 Å². The smallest absolute Gasteiger partial charge is 0.726 e. The first-order valence-corrected chi connectivity index (χ1v) is 9.95. The standard InChI is InChI=1S/C18H32O4S.Na/c1-2-3-4-5-6-7-8-9-10-11-12-13-14-15-16-17-18-22-23(19,20)21;/h3-4,6-7,9-10H,2,5,8,11-18H2,1H3,(H,19,20,21);/q;+1/p-1/b4-3-,7-6-,10-9-;. The van der Waals surface area contributed by atoms with Crippen LogP contribution in [0.5, 0.6) is 0 Å². The van der Waals surface area contributed by atoms with Crippen LogP contribution in [0.1, 0.15) is 71.1 Å². The first-order valence-electron chi connectivity index (χ1n) is 8.61. The monoisotopic (exact) mass is 366 g/mol. The summed E-state index contributed by atoms with van der Waals surface area (Å²) in [5.41, 5.74) is 0. The van der Waals surface area contributed by atoms with Gasteiger partial charge in [0.2, 0.25) is 10.4 Å². The van der Waals surface area contributed by atoms with Gasteiger partial charge >= 0.3 is 29.6 Å². The molecule has 0 amide bonds. The molecular weight excluding hydrogens is 335 g/mol. The molecule has 0 aliphatic heterocycles. The van der Waals surface area contributed by atoms with Crippen LogP contribution in [0.15, 0.2) is 36.5 Å². The molecule has 0 saturated heterocycles. The van der Waals surface area contributed by atoms with Gasteiger partial charge in [-0.05, 0) is 38.5 Å². The van der Waals surface area contributed by atoms with Gasteiger partial charge < -0.3 is 4.55 Å². The number of hydrogen-bond acceptors (Lipinski definition) is 4. The number of hydrogen-bond donors (Lipinski definition) is 0. The van der Waals surface area contributed by atoms with Crippen LogP contribution >= 0.6 is 0 Å². The molecule has 0 radical (unpaired) electrons. The summed E-state index contributed by atoms with van der Waals surface area (Å²) in [6.07, 6.45) is 23.5. The summed E-state index contributed by atoms with van der Waals surface area (Å²) in [5, 5.41) is 0. The average Bonchev–Trinajstić information content (AvgIpc) is 2.49. The maximum Gasteiger partial charge on any atom is 1.00 e. The predicted molar refractivity (Wildman–Crippen MR) is 94.9 cm³/mol. The Labute approximate surface area is 170 Å². The summed E-state index contributed by atoms with van der Waals surface area (Å²) in [7, 11) is -4.51. The van der Waals surface area contributed by atoms with Gasteiger partial charge in [0.15, 0.2) is 0 Å². The van der Waals surface area contributed by atoms with Crippen LogP contribution < -0.4 is 29.6 Å². The van der Waals surface area contributed by atoms with Gasteiger partial charge in [0.05, 0.1) is 6.61 Å². The van der Waals surface area contributed by atoms with Gasteiger partial charge in [-0.2, -0.15) is 0 Å². The molecule has 0 aromatic heterocycles. The van der Waals surface area contributed by atoms with E-state index < -0.39 is 10.4 Å². The molecule has 0 atom stereocenters. The Kier molecular flexibility index (Phi) is 21.3. The minimum Gasteiger partial charge on any atom is -0.726 e. The summed E-state index contributed by atoms with van der Waals surface area (Å²) in [4.78, 5) is 0. The van der Waals surface area contributed by atoms with Crippen molar-refractivity contribution < 1.29 is 46.7 Å². The van der Waals surface area contributed by atoms with Gasteiger partial charge in [0.25, 0.3) is 0 Å². The first-order chi connectivity index (χ1) is 11.1. The van der Waals surface area contributed by atoms with Gasteiger partial charge in [-0.3, -0.25) is 4.18 Å². The molecule has 0 heterocycles. The van der Waals surface area contributed by atoms with E-state index in [1.54, 1.807) is 0 Å². The number of rotatable bonds is 15. The third-order valence-electron chi connectivity index (χ3n) is 3.27. The molecule has 0 fully saturated rings. The maximum atomic E-state index is 10.2. The third kappa shape index (κ3) is 24.3. The zero-order valence-corrected chi connectivity index (χ0v) is 18.1. The van der Waals surface area contributed by atoms with Crippen molar-refractivity contribution in [3.8, 4) is 0 Å². The van der Waals surface area contributed by atoms with Crippen molar-refractivity contribution in [2.45, 2.75) is 71.1 Å². The van der Waals surface area contributed by atoms with E-state index in [1.807, 2.05) is 0 Å². The second kappa shape index (κ2) is 19.4. The molecular formula is C18H31NaO4S. The van der Waals surface area contributed by atoms with Crippen LogP contribution in [-0.4, -0.2) is 19.6 Å². The molecule has 134 valence electrons. The van der Waals surface area contributed by atoms with Crippen molar-refractivity contribution in [1.82, 2.24) is 0 Å². The van der Waals surface area contributed by atoms with Crippen LogP contribution in [0.2, 0.25) is 0 Å². The topological polar surface area (TPSA) is 66.4 Å². The minimum atomic E-state index is -4.51. The summed E-state index contributed by atoms with van der Waals surface area (Å²) in [6, 6.07) is 0. The van der Waals surface area contributed by atoms with E-state index in [1.165, 1.54) is 12.8 Å². The Morgan fingerprint density at radius 3 is 1.88 bits per heavy atom. The van der Waals surface area contributed by atoms with E-state index in [4.69, 9.17) is 0 Å². The van der Waals surface area contributed by atoms with Crippen molar-refractivity contribution in [2.24, 2.45) is 0 Å². The summed E-state index contributed by atoms with van der Waals surface area (Å²) < 4.78 is 34.7. The Hall–Kier alpha value is 0.0900. The fourth-order valence-corrected chi connectivity index (χ4v) is 2.38. The maximum absolute atomic E-state index is 10.2. The zero-order valence-electron chi connectivity index (χ0n) is 15.3. The summed E-state index contributed by atoms with van der Waals surface area (Å²) in [5.74, 6) is 0. The quantitative estimate of drug-likeness (QED) is 0.146. The van der Waals surface area contributed by atoms with E-state index >= 15 is 0 Å². The van der Waals surface area contributed by atoms with Crippen molar-refractivity contribution in [1.29, 1.82) is 0 Å². The van der Waals surface area contributed by atoms with Crippen molar-refractivity contribution in [3.63, 3.8) is 0 Å². The molecule has 0 rings (SSSR count). The largest absolute Gasteiger partial charge is 1.00 e. The number of allylic oxidation sites excluding steroid dienone is 6. The van der Waals surface area contributed by atoms with Crippen molar-refractivity contribution in [3.05, 3.63) is 36.5 Å². The van der Waals surface area contributed by atoms with Crippen LogP contribution in [0.3, 0.4) is 0 Å². The normalized spacial score (nSPS) is 12.4. The van der Waals surface area contributed by atoms with Gasteiger partial charge in [0, 0.05) is 0 Å². The van der Waals surface area contributed by atoms with Gasteiger partial charge in [-0.25, -0.2) is 8.42 Å². The van der Waals surface area contributed by atoms with Crippen molar-refractivity contribution >= 4 is 10.4 Å². The Balaban J connectivity index is 0. The van der Waals surface area contributed by atoms with Crippen LogP contribution in [-0.2, 0) is 14.6 Å². The molecule has 0 aromatic rings. The first kappa shape index (κ1) is 26.3. The van der Waals surface area contributed by atoms with E-state index in [0.29, 0.717) is 6.42 Å². The minimum absolute atomic E-state index is 0. The van der Waals surface area contributed by atoms with Crippen LogP contribution in [0, 0.1) is 0 Å². The molecule has 0 aromatic carbocycles. The SMILES string of the molecule is CC/C=C\C/C=C\C/C=C\CCCCCCCCOS(=O)(=O)[O-].[Na+]. The Morgan fingerprint density at radius 2 is 1.29 bits per heavy atom. The van der Waals surface area contributed by atoms with Gasteiger partial charge in [-0.15, -0.1) is 0 Å².